The number of aromatic nitrogens is 2. The smallest absolute Gasteiger partial charge is 0.315 e. The van der Waals surface area contributed by atoms with Gasteiger partial charge in [-0.1, -0.05) is 6.92 Å². The van der Waals surface area contributed by atoms with Gasteiger partial charge in [-0.25, -0.2) is 14.8 Å². The summed E-state index contributed by atoms with van der Waals surface area (Å²) in [6.07, 6.45) is 5.91. The molecule has 2 rings (SSSR count). The van der Waals surface area contributed by atoms with Crippen molar-refractivity contribution in [3.8, 4) is 0 Å². The van der Waals surface area contributed by atoms with Gasteiger partial charge in [0.1, 0.15) is 0 Å². The molecule has 116 valence electrons. The van der Waals surface area contributed by atoms with E-state index >= 15 is 0 Å². The van der Waals surface area contributed by atoms with Crippen molar-refractivity contribution in [2.45, 2.75) is 38.3 Å². The van der Waals surface area contributed by atoms with Crippen molar-refractivity contribution >= 4 is 12.0 Å². The van der Waals surface area contributed by atoms with Crippen LogP contribution in [0.4, 0.5) is 10.7 Å². The summed E-state index contributed by atoms with van der Waals surface area (Å²) in [5.74, 6) is 0.742. The van der Waals surface area contributed by atoms with Crippen molar-refractivity contribution in [1.29, 1.82) is 0 Å². The number of aliphatic hydroxyl groups excluding tert-OH is 1. The third-order valence-corrected chi connectivity index (χ3v) is 3.71. The number of carbonyl (C=O) groups excluding carboxylic acids is 1. The minimum atomic E-state index is -0.203. The van der Waals surface area contributed by atoms with Gasteiger partial charge < -0.3 is 20.6 Å². The van der Waals surface area contributed by atoms with Crippen LogP contribution in [0, 0.1) is 0 Å². The Morgan fingerprint density at radius 2 is 2.10 bits per heavy atom. The van der Waals surface area contributed by atoms with Gasteiger partial charge in [-0.05, 0) is 25.3 Å². The molecule has 0 saturated carbocycles. The van der Waals surface area contributed by atoms with Crippen LogP contribution in [0.2, 0.25) is 0 Å². The third kappa shape index (κ3) is 4.56. The van der Waals surface area contributed by atoms with Crippen molar-refractivity contribution in [3.63, 3.8) is 0 Å². The fourth-order valence-corrected chi connectivity index (χ4v) is 2.37. The summed E-state index contributed by atoms with van der Waals surface area (Å²) in [5.41, 5.74) is 0. The predicted octanol–water partition coefficient (Wildman–Crippen LogP) is 0.515. The molecule has 1 aliphatic heterocycles. The van der Waals surface area contributed by atoms with Crippen LogP contribution >= 0.6 is 0 Å². The summed E-state index contributed by atoms with van der Waals surface area (Å²) >= 11 is 0. The monoisotopic (exact) mass is 293 g/mol. The lowest BCUT2D eigenvalue weighted by Crippen LogP contribution is -2.50. The minimum absolute atomic E-state index is 0.0340. The van der Waals surface area contributed by atoms with Crippen molar-refractivity contribution < 1.29 is 9.90 Å². The normalized spacial score (nSPS) is 17.3. The maximum absolute atomic E-state index is 11.8. The average molecular weight is 293 g/mol. The second-order valence-corrected chi connectivity index (χ2v) is 5.22. The molecule has 7 heteroatoms. The maximum atomic E-state index is 11.8. The standard InChI is InChI=1S/C14H23N5O2/c1-2-11(10-20)17-14(21)18-12-4-8-19(9-5-12)13-15-6-3-7-16-13/h3,6-7,11-12,20H,2,4-5,8-10H2,1H3,(H2,17,18,21)/t11-/m0/s1. The van der Waals surface area contributed by atoms with Gasteiger partial charge in [-0.15, -0.1) is 0 Å². The van der Waals surface area contributed by atoms with Gasteiger partial charge in [-0.3, -0.25) is 0 Å². The first-order chi connectivity index (χ1) is 10.2. The molecule has 1 atom stereocenters. The Kier molecular flexibility index (Phi) is 5.74. The summed E-state index contributed by atoms with van der Waals surface area (Å²) in [4.78, 5) is 22.4. The van der Waals surface area contributed by atoms with Gasteiger partial charge in [0.25, 0.3) is 0 Å². The van der Waals surface area contributed by atoms with E-state index < -0.39 is 0 Å². The zero-order valence-corrected chi connectivity index (χ0v) is 12.3. The number of nitrogens with one attached hydrogen (secondary N) is 2. The van der Waals surface area contributed by atoms with Crippen LogP contribution in [0.3, 0.4) is 0 Å². The first-order valence-electron chi connectivity index (χ1n) is 7.42. The van der Waals surface area contributed by atoms with Crippen LogP contribution in [-0.4, -0.2) is 52.9 Å². The highest BCUT2D eigenvalue weighted by atomic mass is 16.3. The Labute approximate surface area is 124 Å². The number of amides is 2. The SMILES string of the molecule is CC[C@@H](CO)NC(=O)NC1CCN(c2ncccn2)CC1. The van der Waals surface area contributed by atoms with Crippen molar-refractivity contribution in [2.24, 2.45) is 0 Å². The van der Waals surface area contributed by atoms with E-state index in [1.54, 1.807) is 18.5 Å². The molecule has 1 saturated heterocycles. The summed E-state index contributed by atoms with van der Waals surface area (Å²) in [7, 11) is 0. The van der Waals surface area contributed by atoms with E-state index in [2.05, 4.69) is 25.5 Å². The number of piperidine rings is 1. The van der Waals surface area contributed by atoms with Gasteiger partial charge in [0.15, 0.2) is 0 Å². The average Bonchev–Trinajstić information content (AvgIpc) is 2.54. The molecule has 0 unspecified atom stereocenters. The number of urea groups is 1. The topological polar surface area (TPSA) is 90.4 Å². The molecule has 1 aromatic rings. The lowest BCUT2D eigenvalue weighted by atomic mass is 10.1. The molecular weight excluding hydrogens is 270 g/mol. The molecule has 1 fully saturated rings. The highest BCUT2D eigenvalue weighted by Crippen LogP contribution is 2.15. The Hall–Kier alpha value is -1.89. The number of aliphatic hydroxyl groups is 1. The highest BCUT2D eigenvalue weighted by molar-refractivity contribution is 5.74. The van der Waals surface area contributed by atoms with Crippen LogP contribution in [0.1, 0.15) is 26.2 Å². The Morgan fingerprint density at radius 3 is 2.67 bits per heavy atom. The van der Waals surface area contributed by atoms with Gasteiger partial charge in [0.05, 0.1) is 12.6 Å². The fourth-order valence-electron chi connectivity index (χ4n) is 2.37. The van der Waals surface area contributed by atoms with E-state index in [0.29, 0.717) is 6.42 Å². The molecule has 2 heterocycles. The molecule has 1 aromatic heterocycles. The van der Waals surface area contributed by atoms with Gasteiger partial charge in [0, 0.05) is 31.5 Å². The number of carbonyl (C=O) groups is 1. The van der Waals surface area contributed by atoms with E-state index in [9.17, 15) is 4.79 Å². The third-order valence-electron chi connectivity index (χ3n) is 3.71. The Bertz CT molecular complexity index is 430. The van der Waals surface area contributed by atoms with Crippen molar-refractivity contribution in [2.75, 3.05) is 24.6 Å². The first-order valence-corrected chi connectivity index (χ1v) is 7.42. The highest BCUT2D eigenvalue weighted by Gasteiger charge is 2.22. The number of hydrogen-bond acceptors (Lipinski definition) is 5. The second kappa shape index (κ2) is 7.78. The zero-order chi connectivity index (χ0) is 15.1. The Morgan fingerprint density at radius 1 is 1.43 bits per heavy atom. The molecular formula is C14H23N5O2. The lowest BCUT2D eigenvalue weighted by Gasteiger charge is -2.32. The van der Waals surface area contributed by atoms with Gasteiger partial charge in [0.2, 0.25) is 5.95 Å². The lowest BCUT2D eigenvalue weighted by molar-refractivity contribution is 0.210. The summed E-state index contributed by atoms with van der Waals surface area (Å²) in [6.45, 7) is 3.55. The fraction of sp³-hybridized carbons (Fsp3) is 0.643. The predicted molar refractivity (Wildman–Crippen MR) is 80.1 cm³/mol. The van der Waals surface area contributed by atoms with E-state index in [4.69, 9.17) is 5.11 Å². The number of nitrogens with zero attached hydrogens (tertiary/aromatic N) is 3. The largest absolute Gasteiger partial charge is 0.394 e. The van der Waals surface area contributed by atoms with Crippen LogP contribution in [0.5, 0.6) is 0 Å². The minimum Gasteiger partial charge on any atom is -0.394 e. The molecule has 0 spiro atoms. The van der Waals surface area contributed by atoms with Gasteiger partial charge >= 0.3 is 6.03 Å². The Balaban J connectivity index is 1.75. The van der Waals surface area contributed by atoms with Crippen LogP contribution < -0.4 is 15.5 Å². The van der Waals surface area contributed by atoms with E-state index in [0.717, 1.165) is 31.9 Å². The number of anilines is 1. The summed E-state index contributed by atoms with van der Waals surface area (Å²) in [5, 5.41) is 14.8. The summed E-state index contributed by atoms with van der Waals surface area (Å²) < 4.78 is 0. The van der Waals surface area contributed by atoms with Gasteiger partial charge in [-0.2, -0.15) is 0 Å². The summed E-state index contributed by atoms with van der Waals surface area (Å²) in [6, 6.07) is 1.57. The molecule has 0 bridgehead atoms. The van der Waals surface area contributed by atoms with E-state index in [-0.39, 0.29) is 24.7 Å². The zero-order valence-electron chi connectivity index (χ0n) is 12.3. The van der Waals surface area contributed by atoms with Crippen LogP contribution in [0.25, 0.3) is 0 Å². The second-order valence-electron chi connectivity index (χ2n) is 5.22. The molecule has 1 aliphatic rings. The van der Waals surface area contributed by atoms with Crippen LogP contribution in [0.15, 0.2) is 18.5 Å². The first kappa shape index (κ1) is 15.5. The molecule has 2 amide bonds. The molecule has 0 aromatic carbocycles. The molecule has 7 nitrogen and oxygen atoms in total. The molecule has 3 N–H and O–H groups in total. The van der Waals surface area contributed by atoms with Crippen molar-refractivity contribution in [1.82, 2.24) is 20.6 Å². The van der Waals surface area contributed by atoms with Crippen molar-refractivity contribution in [3.05, 3.63) is 18.5 Å². The molecule has 0 radical (unpaired) electrons. The molecule has 21 heavy (non-hydrogen) atoms. The number of rotatable bonds is 5. The number of hydrogen-bond donors (Lipinski definition) is 3. The quantitative estimate of drug-likeness (QED) is 0.736. The van der Waals surface area contributed by atoms with E-state index in [1.165, 1.54) is 0 Å². The van der Waals surface area contributed by atoms with E-state index in [1.807, 2.05) is 6.92 Å². The van der Waals surface area contributed by atoms with Crippen LogP contribution in [-0.2, 0) is 0 Å². The maximum Gasteiger partial charge on any atom is 0.315 e. The molecule has 0 aliphatic carbocycles.